The standard InChI is InChI=1S/C17H19N5OS/c1-11-16(12(2)23-21-11)17-19-6-5-13(20-17)14-4-3-8-22(14)10-15-18-7-9-24-15/h5-7,9,14H,3-4,8,10H2,1-2H3/t14-/m0/s1. The molecule has 1 aliphatic heterocycles. The monoisotopic (exact) mass is 341 g/mol. The highest BCUT2D eigenvalue weighted by atomic mass is 32.1. The molecule has 0 aromatic carbocycles. The van der Waals surface area contributed by atoms with Crippen molar-refractivity contribution in [3.05, 3.63) is 46.0 Å². The average Bonchev–Trinajstić information content (AvgIpc) is 3.31. The predicted molar refractivity (Wildman–Crippen MR) is 91.5 cm³/mol. The van der Waals surface area contributed by atoms with Crippen LogP contribution in [0.5, 0.6) is 0 Å². The van der Waals surface area contributed by atoms with Crippen molar-refractivity contribution in [3.8, 4) is 11.4 Å². The van der Waals surface area contributed by atoms with Gasteiger partial charge in [0.1, 0.15) is 10.8 Å². The molecule has 0 spiro atoms. The Morgan fingerprint density at radius 3 is 2.96 bits per heavy atom. The molecule has 0 N–H and O–H groups in total. The molecule has 124 valence electrons. The lowest BCUT2D eigenvalue weighted by molar-refractivity contribution is 0.244. The van der Waals surface area contributed by atoms with Crippen molar-refractivity contribution in [2.45, 2.75) is 39.3 Å². The van der Waals surface area contributed by atoms with Crippen LogP contribution in [0.4, 0.5) is 0 Å². The number of thiazole rings is 1. The van der Waals surface area contributed by atoms with E-state index >= 15 is 0 Å². The fourth-order valence-electron chi connectivity index (χ4n) is 3.34. The topological polar surface area (TPSA) is 67.9 Å². The van der Waals surface area contributed by atoms with E-state index in [1.807, 2.05) is 37.7 Å². The number of hydrogen-bond acceptors (Lipinski definition) is 7. The molecule has 3 aromatic rings. The second-order valence-electron chi connectivity index (χ2n) is 6.06. The van der Waals surface area contributed by atoms with Gasteiger partial charge in [-0.05, 0) is 39.3 Å². The summed E-state index contributed by atoms with van der Waals surface area (Å²) >= 11 is 1.71. The molecular formula is C17H19N5OS. The Hall–Kier alpha value is -2.12. The SMILES string of the molecule is Cc1noc(C)c1-c1nccc([C@@H]2CCCN2Cc2nccs2)n1. The number of hydrogen-bond donors (Lipinski definition) is 0. The van der Waals surface area contributed by atoms with Crippen molar-refractivity contribution >= 4 is 11.3 Å². The van der Waals surface area contributed by atoms with Gasteiger partial charge in [-0.1, -0.05) is 5.16 Å². The van der Waals surface area contributed by atoms with Gasteiger partial charge < -0.3 is 4.52 Å². The van der Waals surface area contributed by atoms with Gasteiger partial charge in [-0.15, -0.1) is 11.3 Å². The minimum atomic E-state index is 0.316. The lowest BCUT2D eigenvalue weighted by Crippen LogP contribution is -2.23. The van der Waals surface area contributed by atoms with Crippen LogP contribution >= 0.6 is 11.3 Å². The van der Waals surface area contributed by atoms with Crippen LogP contribution < -0.4 is 0 Å². The third-order valence-electron chi connectivity index (χ3n) is 4.46. The fraction of sp³-hybridized carbons (Fsp3) is 0.412. The van der Waals surface area contributed by atoms with Gasteiger partial charge in [0.25, 0.3) is 0 Å². The van der Waals surface area contributed by atoms with Crippen molar-refractivity contribution in [2.75, 3.05) is 6.54 Å². The largest absolute Gasteiger partial charge is 0.361 e. The number of aromatic nitrogens is 4. The lowest BCUT2D eigenvalue weighted by Gasteiger charge is -2.23. The Kier molecular flexibility index (Phi) is 4.12. The molecule has 4 heterocycles. The molecule has 0 radical (unpaired) electrons. The van der Waals surface area contributed by atoms with E-state index in [-0.39, 0.29) is 0 Å². The Labute approximate surface area is 144 Å². The van der Waals surface area contributed by atoms with Crippen molar-refractivity contribution in [3.63, 3.8) is 0 Å². The molecule has 0 saturated carbocycles. The van der Waals surface area contributed by atoms with Gasteiger partial charge in [0.15, 0.2) is 5.82 Å². The fourth-order valence-corrected chi connectivity index (χ4v) is 3.98. The van der Waals surface area contributed by atoms with Crippen molar-refractivity contribution in [2.24, 2.45) is 0 Å². The van der Waals surface area contributed by atoms with Gasteiger partial charge in [0, 0.05) is 17.8 Å². The van der Waals surface area contributed by atoms with E-state index in [9.17, 15) is 0 Å². The average molecular weight is 341 g/mol. The second kappa shape index (κ2) is 6.41. The lowest BCUT2D eigenvalue weighted by atomic mass is 10.1. The smallest absolute Gasteiger partial charge is 0.164 e. The van der Waals surface area contributed by atoms with Gasteiger partial charge in [0.05, 0.1) is 29.5 Å². The Morgan fingerprint density at radius 1 is 1.29 bits per heavy atom. The summed E-state index contributed by atoms with van der Waals surface area (Å²) in [6, 6.07) is 2.34. The van der Waals surface area contributed by atoms with Crippen LogP contribution in [0, 0.1) is 13.8 Å². The molecule has 1 saturated heterocycles. The highest BCUT2D eigenvalue weighted by Gasteiger charge is 2.28. The summed E-state index contributed by atoms with van der Waals surface area (Å²) in [6.45, 7) is 5.78. The summed E-state index contributed by atoms with van der Waals surface area (Å²) in [6.07, 6.45) is 6.00. The Bertz CT molecular complexity index is 810. The van der Waals surface area contributed by atoms with Crippen molar-refractivity contribution in [1.29, 1.82) is 0 Å². The molecule has 3 aromatic heterocycles. The molecule has 24 heavy (non-hydrogen) atoms. The van der Waals surface area contributed by atoms with E-state index in [4.69, 9.17) is 9.51 Å². The van der Waals surface area contributed by atoms with Crippen LogP contribution in [-0.2, 0) is 6.54 Å². The van der Waals surface area contributed by atoms with Crippen LogP contribution in [0.15, 0.2) is 28.4 Å². The van der Waals surface area contributed by atoms with Crippen molar-refractivity contribution in [1.82, 2.24) is 25.0 Å². The molecular weight excluding hydrogens is 322 g/mol. The van der Waals surface area contributed by atoms with Crippen molar-refractivity contribution < 1.29 is 4.52 Å². The summed E-state index contributed by atoms with van der Waals surface area (Å²) in [5.41, 5.74) is 2.80. The zero-order valence-electron chi connectivity index (χ0n) is 13.8. The second-order valence-corrected chi connectivity index (χ2v) is 7.04. The summed E-state index contributed by atoms with van der Waals surface area (Å²) < 4.78 is 5.26. The van der Waals surface area contributed by atoms with E-state index < -0.39 is 0 Å². The third kappa shape index (κ3) is 2.85. The van der Waals surface area contributed by atoms with E-state index in [0.717, 1.165) is 47.2 Å². The number of nitrogens with zero attached hydrogens (tertiary/aromatic N) is 5. The van der Waals surface area contributed by atoms with E-state index in [1.54, 1.807) is 11.3 Å². The quantitative estimate of drug-likeness (QED) is 0.723. The molecule has 6 nitrogen and oxygen atoms in total. The third-order valence-corrected chi connectivity index (χ3v) is 5.23. The summed E-state index contributed by atoms with van der Waals surface area (Å²) in [5, 5.41) is 7.20. The summed E-state index contributed by atoms with van der Waals surface area (Å²) in [5.74, 6) is 1.46. The van der Waals surface area contributed by atoms with E-state index in [1.165, 1.54) is 6.42 Å². The molecule has 0 aliphatic carbocycles. The minimum absolute atomic E-state index is 0.316. The number of rotatable bonds is 4. The molecule has 0 amide bonds. The first-order valence-electron chi connectivity index (χ1n) is 8.11. The molecule has 0 unspecified atom stereocenters. The molecule has 7 heteroatoms. The highest BCUT2D eigenvalue weighted by Crippen LogP contribution is 2.33. The normalized spacial score (nSPS) is 18.3. The van der Waals surface area contributed by atoms with Crippen LogP contribution in [0.1, 0.15) is 41.0 Å². The van der Waals surface area contributed by atoms with E-state index in [2.05, 4.69) is 20.0 Å². The van der Waals surface area contributed by atoms with Gasteiger partial charge in [-0.25, -0.2) is 15.0 Å². The molecule has 1 aliphatic rings. The first kappa shape index (κ1) is 15.4. The van der Waals surface area contributed by atoms with Crippen LogP contribution in [0.2, 0.25) is 0 Å². The zero-order chi connectivity index (χ0) is 16.5. The van der Waals surface area contributed by atoms with Crippen LogP contribution in [0.3, 0.4) is 0 Å². The van der Waals surface area contributed by atoms with Gasteiger partial charge >= 0.3 is 0 Å². The number of aryl methyl sites for hydroxylation is 2. The van der Waals surface area contributed by atoms with Gasteiger partial charge in [-0.3, -0.25) is 4.90 Å². The van der Waals surface area contributed by atoms with Gasteiger partial charge in [-0.2, -0.15) is 0 Å². The predicted octanol–water partition coefficient (Wildman–Crippen LogP) is 3.54. The van der Waals surface area contributed by atoms with Crippen LogP contribution in [0.25, 0.3) is 11.4 Å². The molecule has 1 fully saturated rings. The maximum Gasteiger partial charge on any atom is 0.164 e. The van der Waals surface area contributed by atoms with Gasteiger partial charge in [0.2, 0.25) is 0 Å². The van der Waals surface area contributed by atoms with E-state index in [0.29, 0.717) is 11.9 Å². The minimum Gasteiger partial charge on any atom is -0.361 e. The highest BCUT2D eigenvalue weighted by molar-refractivity contribution is 7.09. The molecule has 0 bridgehead atoms. The summed E-state index contributed by atoms with van der Waals surface area (Å²) in [7, 11) is 0. The Balaban J connectivity index is 1.63. The number of likely N-dealkylation sites (tertiary alicyclic amines) is 1. The molecule has 1 atom stereocenters. The zero-order valence-corrected chi connectivity index (χ0v) is 14.6. The Morgan fingerprint density at radius 2 is 2.21 bits per heavy atom. The van der Waals surface area contributed by atoms with Crippen LogP contribution in [-0.4, -0.2) is 31.6 Å². The first-order chi connectivity index (χ1) is 11.7. The maximum atomic E-state index is 5.26. The summed E-state index contributed by atoms with van der Waals surface area (Å²) in [4.78, 5) is 16.1. The first-order valence-corrected chi connectivity index (χ1v) is 8.99. The maximum absolute atomic E-state index is 5.26. The molecule has 4 rings (SSSR count).